The highest BCUT2D eigenvalue weighted by atomic mass is 19.4. The molecule has 2 unspecified atom stereocenters. The second kappa shape index (κ2) is 6.23. The molecule has 0 spiro atoms. The smallest absolute Gasteiger partial charge is 0.391 e. The minimum atomic E-state index is -6.37. The SMILES string of the molecule is CC(O)C(O)COCCC(F)(F)C(F)(F)C(F)(F)F. The molecule has 0 fully saturated rings. The van der Waals surface area contributed by atoms with Crippen molar-refractivity contribution in [3.63, 3.8) is 0 Å². The average Bonchev–Trinajstić information content (AvgIpc) is 2.21. The summed E-state index contributed by atoms with van der Waals surface area (Å²) in [5.41, 5.74) is 0. The summed E-state index contributed by atoms with van der Waals surface area (Å²) in [6.07, 6.45) is -10.9. The van der Waals surface area contributed by atoms with Gasteiger partial charge < -0.3 is 14.9 Å². The molecule has 0 amide bonds. The third kappa shape index (κ3) is 4.77. The van der Waals surface area contributed by atoms with Crippen LogP contribution in [0.2, 0.25) is 0 Å². The van der Waals surface area contributed by atoms with Crippen molar-refractivity contribution in [3.8, 4) is 0 Å². The van der Waals surface area contributed by atoms with E-state index in [-0.39, 0.29) is 0 Å². The zero-order valence-electron chi connectivity index (χ0n) is 9.72. The maximum Gasteiger partial charge on any atom is 0.459 e. The molecule has 19 heavy (non-hydrogen) atoms. The number of hydrogen-bond donors (Lipinski definition) is 2. The number of halogens is 7. The molecule has 0 aromatic rings. The largest absolute Gasteiger partial charge is 0.459 e. The van der Waals surface area contributed by atoms with Crippen LogP contribution in [0.5, 0.6) is 0 Å². The minimum absolute atomic E-state index is 0.661. The summed E-state index contributed by atoms with van der Waals surface area (Å²) in [6, 6.07) is 0. The van der Waals surface area contributed by atoms with Gasteiger partial charge in [0.2, 0.25) is 0 Å². The molecule has 0 aromatic heterocycles. The predicted molar refractivity (Wildman–Crippen MR) is 49.1 cm³/mol. The van der Waals surface area contributed by atoms with Gasteiger partial charge in [-0.15, -0.1) is 0 Å². The third-order valence-electron chi connectivity index (χ3n) is 2.22. The van der Waals surface area contributed by atoms with Crippen molar-refractivity contribution >= 4 is 0 Å². The van der Waals surface area contributed by atoms with Gasteiger partial charge in [0.15, 0.2) is 0 Å². The first kappa shape index (κ1) is 18.4. The number of ether oxygens (including phenoxy) is 1. The molecule has 10 heteroatoms. The molecule has 116 valence electrons. The van der Waals surface area contributed by atoms with Crippen LogP contribution in [0.15, 0.2) is 0 Å². The number of hydrogen-bond acceptors (Lipinski definition) is 3. The topological polar surface area (TPSA) is 49.7 Å². The lowest BCUT2D eigenvalue weighted by Gasteiger charge is -2.28. The molecule has 0 aliphatic rings. The van der Waals surface area contributed by atoms with Gasteiger partial charge in [0.25, 0.3) is 0 Å². The van der Waals surface area contributed by atoms with Crippen LogP contribution in [0.4, 0.5) is 30.7 Å². The summed E-state index contributed by atoms with van der Waals surface area (Å²) >= 11 is 0. The molecule has 2 N–H and O–H groups in total. The van der Waals surface area contributed by atoms with Gasteiger partial charge >= 0.3 is 18.0 Å². The van der Waals surface area contributed by atoms with E-state index in [0.29, 0.717) is 0 Å². The van der Waals surface area contributed by atoms with Crippen LogP contribution in [0, 0.1) is 0 Å². The fraction of sp³-hybridized carbons (Fsp3) is 1.00. The van der Waals surface area contributed by atoms with E-state index in [0.717, 1.165) is 6.92 Å². The Kier molecular flexibility index (Phi) is 6.03. The molecule has 0 saturated carbocycles. The monoisotopic (exact) mass is 302 g/mol. The van der Waals surface area contributed by atoms with Gasteiger partial charge in [-0.05, 0) is 6.92 Å². The summed E-state index contributed by atoms with van der Waals surface area (Å²) < 4.78 is 89.7. The summed E-state index contributed by atoms with van der Waals surface area (Å²) in [5, 5.41) is 17.7. The molecule has 0 aliphatic heterocycles. The molecule has 0 saturated heterocycles. The zero-order chi connectivity index (χ0) is 15.5. The predicted octanol–water partition coefficient (Wildman–Crippen LogP) is 1.97. The van der Waals surface area contributed by atoms with Crippen molar-refractivity contribution in [1.29, 1.82) is 0 Å². The van der Waals surface area contributed by atoms with Crippen LogP contribution >= 0.6 is 0 Å². The van der Waals surface area contributed by atoms with E-state index in [1.165, 1.54) is 0 Å². The second-order valence-corrected chi connectivity index (χ2v) is 3.91. The Labute approximate surface area is 104 Å². The van der Waals surface area contributed by atoms with Crippen molar-refractivity contribution in [2.24, 2.45) is 0 Å². The van der Waals surface area contributed by atoms with Crippen molar-refractivity contribution in [1.82, 2.24) is 0 Å². The first-order valence-corrected chi connectivity index (χ1v) is 5.09. The van der Waals surface area contributed by atoms with Gasteiger partial charge in [0, 0.05) is 6.42 Å². The van der Waals surface area contributed by atoms with E-state index in [1.807, 2.05) is 0 Å². The highest BCUT2D eigenvalue weighted by Crippen LogP contribution is 2.47. The fourth-order valence-electron chi connectivity index (χ4n) is 0.908. The number of aliphatic hydroxyl groups excluding tert-OH is 2. The molecule has 0 bridgehead atoms. The summed E-state index contributed by atoms with van der Waals surface area (Å²) in [4.78, 5) is 0. The summed E-state index contributed by atoms with van der Waals surface area (Å²) in [7, 11) is 0. The Morgan fingerprint density at radius 3 is 1.84 bits per heavy atom. The van der Waals surface area contributed by atoms with E-state index in [4.69, 9.17) is 10.2 Å². The molecule has 0 radical (unpaired) electrons. The Balaban J connectivity index is 4.33. The minimum Gasteiger partial charge on any atom is -0.391 e. The molecule has 0 heterocycles. The van der Waals surface area contributed by atoms with Gasteiger partial charge in [-0.3, -0.25) is 0 Å². The van der Waals surface area contributed by atoms with Crippen LogP contribution in [-0.2, 0) is 4.74 Å². The molecular formula is C9H13F7O3. The lowest BCUT2D eigenvalue weighted by atomic mass is 10.1. The zero-order valence-corrected chi connectivity index (χ0v) is 9.72. The molecule has 2 atom stereocenters. The van der Waals surface area contributed by atoms with E-state index in [2.05, 4.69) is 4.74 Å². The van der Waals surface area contributed by atoms with Gasteiger partial charge in [-0.25, -0.2) is 0 Å². The lowest BCUT2D eigenvalue weighted by Crippen LogP contribution is -2.52. The van der Waals surface area contributed by atoms with Crippen molar-refractivity contribution < 1.29 is 45.7 Å². The van der Waals surface area contributed by atoms with Gasteiger partial charge in [-0.1, -0.05) is 0 Å². The molecule has 0 aromatic carbocycles. The Morgan fingerprint density at radius 1 is 1.00 bits per heavy atom. The van der Waals surface area contributed by atoms with E-state index in [9.17, 15) is 30.7 Å². The van der Waals surface area contributed by atoms with Crippen molar-refractivity contribution in [2.75, 3.05) is 13.2 Å². The number of aliphatic hydroxyl groups is 2. The van der Waals surface area contributed by atoms with E-state index in [1.54, 1.807) is 0 Å². The molecule has 3 nitrogen and oxygen atoms in total. The number of alkyl halides is 7. The lowest BCUT2D eigenvalue weighted by molar-refractivity contribution is -0.356. The Hall–Kier alpha value is -0.610. The third-order valence-corrected chi connectivity index (χ3v) is 2.22. The van der Waals surface area contributed by atoms with Crippen molar-refractivity contribution in [2.45, 2.75) is 43.6 Å². The second-order valence-electron chi connectivity index (χ2n) is 3.91. The highest BCUT2D eigenvalue weighted by molar-refractivity contribution is 4.90. The van der Waals surface area contributed by atoms with Gasteiger partial charge in [0.1, 0.15) is 6.10 Å². The van der Waals surface area contributed by atoms with Crippen LogP contribution < -0.4 is 0 Å². The van der Waals surface area contributed by atoms with E-state index < -0.39 is 49.9 Å². The summed E-state index contributed by atoms with van der Waals surface area (Å²) in [5.74, 6) is -11.5. The fourth-order valence-corrected chi connectivity index (χ4v) is 0.908. The maximum atomic E-state index is 12.7. The van der Waals surface area contributed by atoms with Crippen LogP contribution in [0.3, 0.4) is 0 Å². The molecular weight excluding hydrogens is 289 g/mol. The Morgan fingerprint density at radius 2 is 1.47 bits per heavy atom. The molecule has 0 aliphatic carbocycles. The summed E-state index contributed by atoms with van der Waals surface area (Å²) in [6.45, 7) is -0.631. The van der Waals surface area contributed by atoms with Crippen molar-refractivity contribution in [3.05, 3.63) is 0 Å². The van der Waals surface area contributed by atoms with Crippen LogP contribution in [-0.4, -0.2) is 53.7 Å². The Bertz CT molecular complexity index is 277. The quantitative estimate of drug-likeness (QED) is 0.558. The normalized spacial score (nSPS) is 17.4. The van der Waals surface area contributed by atoms with Crippen LogP contribution in [0.25, 0.3) is 0 Å². The average molecular weight is 302 g/mol. The number of rotatable bonds is 7. The molecule has 0 rings (SSSR count). The first-order valence-electron chi connectivity index (χ1n) is 5.09. The van der Waals surface area contributed by atoms with Gasteiger partial charge in [0.05, 0.1) is 19.3 Å². The highest BCUT2D eigenvalue weighted by Gasteiger charge is 2.72. The van der Waals surface area contributed by atoms with E-state index >= 15 is 0 Å². The first-order chi connectivity index (χ1) is 8.33. The van der Waals surface area contributed by atoms with Crippen LogP contribution in [0.1, 0.15) is 13.3 Å². The van der Waals surface area contributed by atoms with Gasteiger partial charge in [-0.2, -0.15) is 30.7 Å². The maximum absolute atomic E-state index is 12.7. The standard InChI is InChI=1S/C9H13F7O3/c1-5(17)6(18)4-19-3-2-7(10,11)8(12,13)9(14,15)16/h5-6,17-18H,2-4H2,1H3.